The molecule has 2 nitrogen and oxygen atoms in total. The van der Waals surface area contributed by atoms with Gasteiger partial charge >= 0.3 is 6.18 Å². The Hall–Kier alpha value is -1.53. The van der Waals surface area contributed by atoms with E-state index in [0.717, 1.165) is 16.1 Å². The van der Waals surface area contributed by atoms with E-state index in [4.69, 9.17) is 10.5 Å². The monoisotopic (exact) mass is 359 g/mol. The molecule has 6 heteroatoms. The number of hydrogen-bond donors (Lipinski definition) is 1. The maximum Gasteiger partial charge on any atom is 0.416 e. The lowest BCUT2D eigenvalue weighted by molar-refractivity contribution is -0.138. The van der Waals surface area contributed by atoms with Gasteiger partial charge in [-0.2, -0.15) is 13.2 Å². The summed E-state index contributed by atoms with van der Waals surface area (Å²) < 4.78 is 44.7. The highest BCUT2D eigenvalue weighted by Gasteiger charge is 2.33. The van der Waals surface area contributed by atoms with Crippen molar-refractivity contribution >= 4 is 15.9 Å². The van der Waals surface area contributed by atoms with Gasteiger partial charge in [0.25, 0.3) is 0 Å². The molecule has 0 bridgehead atoms. The maximum atomic E-state index is 12.8. The summed E-state index contributed by atoms with van der Waals surface area (Å²) in [6.45, 7) is 1.72. The number of benzene rings is 2. The molecule has 0 aliphatic carbocycles. The molecule has 112 valence electrons. The summed E-state index contributed by atoms with van der Waals surface area (Å²) in [5.41, 5.74) is 5.71. The van der Waals surface area contributed by atoms with Gasteiger partial charge in [0.15, 0.2) is 0 Å². The predicted molar refractivity (Wildman–Crippen MR) is 78.3 cm³/mol. The molecule has 21 heavy (non-hydrogen) atoms. The maximum absolute atomic E-state index is 12.8. The van der Waals surface area contributed by atoms with Crippen molar-refractivity contribution in [2.45, 2.75) is 19.6 Å². The van der Waals surface area contributed by atoms with E-state index in [1.54, 1.807) is 6.07 Å². The van der Waals surface area contributed by atoms with E-state index in [-0.39, 0.29) is 12.1 Å². The Morgan fingerprint density at radius 3 is 2.43 bits per heavy atom. The molecular formula is C15H13BrF3NO. The minimum absolute atomic E-state index is 0.00299. The molecule has 0 atom stereocenters. The van der Waals surface area contributed by atoms with Crippen molar-refractivity contribution in [2.24, 2.45) is 5.73 Å². The van der Waals surface area contributed by atoms with E-state index < -0.39 is 11.7 Å². The van der Waals surface area contributed by atoms with Gasteiger partial charge in [0.1, 0.15) is 11.5 Å². The molecule has 0 radical (unpaired) electrons. The SMILES string of the molecule is Cc1ccc(Oc2ccc(C(F)(F)F)c(CN)c2)c(Br)c1. The number of ether oxygens (including phenoxy) is 1. The van der Waals surface area contributed by atoms with Gasteiger partial charge in [-0.15, -0.1) is 0 Å². The second-order valence-corrected chi connectivity index (χ2v) is 5.41. The van der Waals surface area contributed by atoms with E-state index >= 15 is 0 Å². The Morgan fingerprint density at radius 1 is 1.14 bits per heavy atom. The second-order valence-electron chi connectivity index (χ2n) is 4.56. The van der Waals surface area contributed by atoms with Crippen LogP contribution in [0.5, 0.6) is 11.5 Å². The van der Waals surface area contributed by atoms with Crippen LogP contribution in [0.4, 0.5) is 13.2 Å². The highest BCUT2D eigenvalue weighted by Crippen LogP contribution is 2.36. The van der Waals surface area contributed by atoms with Gasteiger partial charge in [0.05, 0.1) is 10.0 Å². The largest absolute Gasteiger partial charge is 0.456 e. The summed E-state index contributed by atoms with van der Waals surface area (Å²) in [5, 5.41) is 0. The van der Waals surface area contributed by atoms with Gasteiger partial charge in [0.2, 0.25) is 0 Å². The minimum Gasteiger partial charge on any atom is -0.456 e. The van der Waals surface area contributed by atoms with Crippen molar-refractivity contribution in [3.63, 3.8) is 0 Å². The molecule has 0 heterocycles. The zero-order valence-corrected chi connectivity index (χ0v) is 12.8. The van der Waals surface area contributed by atoms with Crippen LogP contribution in [0.15, 0.2) is 40.9 Å². The molecule has 0 amide bonds. The first-order valence-corrected chi connectivity index (χ1v) is 6.95. The van der Waals surface area contributed by atoms with Crippen LogP contribution in [0.25, 0.3) is 0 Å². The summed E-state index contributed by atoms with van der Waals surface area (Å²) in [7, 11) is 0. The number of alkyl halides is 3. The van der Waals surface area contributed by atoms with Crippen LogP contribution >= 0.6 is 15.9 Å². The Balaban J connectivity index is 2.33. The topological polar surface area (TPSA) is 35.2 Å². The molecule has 0 saturated heterocycles. The van der Waals surface area contributed by atoms with Gasteiger partial charge in [-0.25, -0.2) is 0 Å². The van der Waals surface area contributed by atoms with Crippen LogP contribution in [-0.4, -0.2) is 0 Å². The van der Waals surface area contributed by atoms with E-state index in [1.165, 1.54) is 12.1 Å². The molecule has 0 aliphatic heterocycles. The smallest absolute Gasteiger partial charge is 0.416 e. The first-order chi connectivity index (χ1) is 9.81. The third-order valence-electron chi connectivity index (χ3n) is 2.92. The summed E-state index contributed by atoms with van der Waals surface area (Å²) in [6, 6.07) is 9.06. The number of rotatable bonds is 3. The molecule has 0 fully saturated rings. The summed E-state index contributed by atoms with van der Waals surface area (Å²) in [5.74, 6) is 0.844. The van der Waals surface area contributed by atoms with Crippen molar-refractivity contribution in [1.29, 1.82) is 0 Å². The lowest BCUT2D eigenvalue weighted by Gasteiger charge is -2.14. The number of halogens is 4. The van der Waals surface area contributed by atoms with Crippen molar-refractivity contribution < 1.29 is 17.9 Å². The van der Waals surface area contributed by atoms with Crippen LogP contribution in [0.3, 0.4) is 0 Å². The van der Waals surface area contributed by atoms with Gasteiger partial charge in [0, 0.05) is 6.54 Å². The highest BCUT2D eigenvalue weighted by atomic mass is 79.9. The first-order valence-electron chi connectivity index (χ1n) is 6.15. The molecule has 0 spiro atoms. The first kappa shape index (κ1) is 15.9. The summed E-state index contributed by atoms with van der Waals surface area (Å²) in [4.78, 5) is 0. The van der Waals surface area contributed by atoms with Gasteiger partial charge in [-0.3, -0.25) is 0 Å². The highest BCUT2D eigenvalue weighted by molar-refractivity contribution is 9.10. The predicted octanol–water partition coefficient (Wildman–Crippen LogP) is 5.03. The fraction of sp³-hybridized carbons (Fsp3) is 0.200. The molecule has 2 aromatic carbocycles. The fourth-order valence-electron chi connectivity index (χ4n) is 1.89. The summed E-state index contributed by atoms with van der Waals surface area (Å²) >= 11 is 3.36. The van der Waals surface area contributed by atoms with Crippen molar-refractivity contribution in [1.82, 2.24) is 0 Å². The third-order valence-corrected chi connectivity index (χ3v) is 3.54. The molecule has 2 N–H and O–H groups in total. The molecule has 0 saturated carbocycles. The minimum atomic E-state index is -4.42. The average molecular weight is 360 g/mol. The summed E-state index contributed by atoms with van der Waals surface area (Å²) in [6.07, 6.45) is -4.42. The van der Waals surface area contributed by atoms with Gasteiger partial charge in [-0.05, 0) is 64.3 Å². The van der Waals surface area contributed by atoms with Crippen molar-refractivity contribution in [3.05, 3.63) is 57.6 Å². The van der Waals surface area contributed by atoms with Crippen LogP contribution in [0, 0.1) is 6.92 Å². The number of nitrogens with two attached hydrogens (primary N) is 1. The van der Waals surface area contributed by atoms with Gasteiger partial charge < -0.3 is 10.5 Å². The molecular weight excluding hydrogens is 347 g/mol. The number of hydrogen-bond acceptors (Lipinski definition) is 2. The van der Waals surface area contributed by atoms with E-state index in [0.29, 0.717) is 11.5 Å². The Morgan fingerprint density at radius 2 is 1.86 bits per heavy atom. The quantitative estimate of drug-likeness (QED) is 0.834. The Bertz CT molecular complexity index is 656. The lowest BCUT2D eigenvalue weighted by atomic mass is 10.1. The average Bonchev–Trinajstić information content (AvgIpc) is 2.40. The molecule has 0 aromatic heterocycles. The Kier molecular flexibility index (Phi) is 4.58. The molecule has 0 unspecified atom stereocenters. The normalized spacial score (nSPS) is 11.5. The molecule has 2 rings (SSSR count). The Labute approximate surface area is 128 Å². The fourth-order valence-corrected chi connectivity index (χ4v) is 2.47. The molecule has 2 aromatic rings. The van der Waals surface area contributed by atoms with Gasteiger partial charge in [-0.1, -0.05) is 6.07 Å². The van der Waals surface area contributed by atoms with Crippen LogP contribution in [0.2, 0.25) is 0 Å². The van der Waals surface area contributed by atoms with Crippen molar-refractivity contribution in [2.75, 3.05) is 0 Å². The standard InChI is InChI=1S/C15H13BrF3NO/c1-9-2-5-14(13(16)6-9)21-11-3-4-12(15(17,18)19)10(7-11)8-20/h2-7H,8,20H2,1H3. The number of aryl methyl sites for hydroxylation is 1. The molecule has 0 aliphatic rings. The second kappa shape index (κ2) is 6.07. The van der Waals surface area contributed by atoms with Crippen LogP contribution in [-0.2, 0) is 12.7 Å². The zero-order chi connectivity index (χ0) is 15.6. The van der Waals surface area contributed by atoms with Crippen LogP contribution in [0.1, 0.15) is 16.7 Å². The lowest BCUT2D eigenvalue weighted by Crippen LogP contribution is -2.11. The van der Waals surface area contributed by atoms with Crippen molar-refractivity contribution in [3.8, 4) is 11.5 Å². The van der Waals surface area contributed by atoms with E-state index in [1.807, 2.05) is 19.1 Å². The van der Waals surface area contributed by atoms with E-state index in [9.17, 15) is 13.2 Å². The van der Waals surface area contributed by atoms with Crippen LogP contribution < -0.4 is 10.5 Å². The van der Waals surface area contributed by atoms with E-state index in [2.05, 4.69) is 15.9 Å². The zero-order valence-electron chi connectivity index (χ0n) is 11.2. The third kappa shape index (κ3) is 3.77.